The summed E-state index contributed by atoms with van der Waals surface area (Å²) in [5.41, 5.74) is 6.13. The van der Waals surface area contributed by atoms with Crippen molar-refractivity contribution in [3.05, 3.63) is 90.1 Å². The van der Waals surface area contributed by atoms with Crippen molar-refractivity contribution >= 4 is 34.3 Å². The second-order valence-electron chi connectivity index (χ2n) is 9.11. The Morgan fingerprint density at radius 2 is 1.95 bits per heavy atom. The van der Waals surface area contributed by atoms with Crippen LogP contribution in [0.15, 0.2) is 73.4 Å². The van der Waals surface area contributed by atoms with E-state index in [1.54, 1.807) is 18.6 Å². The molecule has 3 heterocycles. The van der Waals surface area contributed by atoms with Gasteiger partial charge in [0.15, 0.2) is 5.65 Å². The largest absolute Gasteiger partial charge is 0.339 e. The lowest BCUT2D eigenvalue weighted by Crippen LogP contribution is -2.13. The van der Waals surface area contributed by atoms with Gasteiger partial charge in [-0.2, -0.15) is 5.26 Å². The van der Waals surface area contributed by atoms with Crippen molar-refractivity contribution in [3.63, 3.8) is 0 Å². The van der Waals surface area contributed by atoms with Gasteiger partial charge in [-0.25, -0.2) is 19.9 Å². The van der Waals surface area contributed by atoms with Gasteiger partial charge in [0.2, 0.25) is 0 Å². The van der Waals surface area contributed by atoms with Gasteiger partial charge >= 0.3 is 0 Å². The van der Waals surface area contributed by atoms with Crippen molar-refractivity contribution in [1.82, 2.24) is 24.9 Å². The Bertz CT molecular complexity index is 1700. The van der Waals surface area contributed by atoms with Crippen molar-refractivity contribution in [1.29, 1.82) is 5.26 Å². The van der Waals surface area contributed by atoms with E-state index in [0.29, 0.717) is 33.9 Å². The third-order valence-electron chi connectivity index (χ3n) is 6.67. The van der Waals surface area contributed by atoms with Crippen LogP contribution in [0.2, 0.25) is 0 Å². The van der Waals surface area contributed by atoms with Gasteiger partial charge in [-0.05, 0) is 67.3 Å². The molecule has 9 nitrogen and oxygen atoms in total. The van der Waals surface area contributed by atoms with Crippen LogP contribution in [-0.4, -0.2) is 30.8 Å². The molecule has 0 spiro atoms. The zero-order valence-corrected chi connectivity index (χ0v) is 20.0. The van der Waals surface area contributed by atoms with Crippen LogP contribution in [0.5, 0.6) is 0 Å². The molecule has 5 aromatic rings. The minimum Gasteiger partial charge on any atom is -0.339 e. The molecule has 9 heteroatoms. The molecule has 1 aliphatic carbocycles. The summed E-state index contributed by atoms with van der Waals surface area (Å²) in [6, 6.07) is 19.1. The molecule has 2 aromatic carbocycles. The number of imidazole rings is 1. The number of aryl methyl sites for hydroxylation is 1. The predicted octanol–water partition coefficient (Wildman–Crippen LogP) is 5.27. The lowest BCUT2D eigenvalue weighted by atomic mass is 9.96. The smallest absolute Gasteiger partial charge is 0.255 e. The molecule has 1 aliphatic rings. The molecule has 0 atom stereocenters. The van der Waals surface area contributed by atoms with Crippen LogP contribution in [-0.2, 0) is 5.41 Å². The van der Waals surface area contributed by atoms with E-state index in [-0.39, 0.29) is 5.91 Å². The van der Waals surface area contributed by atoms with Crippen LogP contribution in [0.1, 0.15) is 34.3 Å². The number of rotatable bonds is 6. The number of carbonyl (C=O) groups excluding carboxylic acids is 1. The molecule has 3 N–H and O–H groups in total. The normalized spacial score (nSPS) is 13.6. The monoisotopic (exact) mass is 486 g/mol. The molecule has 0 aliphatic heterocycles. The van der Waals surface area contributed by atoms with Crippen molar-refractivity contribution in [2.75, 3.05) is 10.6 Å². The summed E-state index contributed by atoms with van der Waals surface area (Å²) in [5.74, 6) is 0.377. The van der Waals surface area contributed by atoms with Crippen LogP contribution in [0.25, 0.3) is 22.4 Å². The molecular weight excluding hydrogens is 464 g/mol. The van der Waals surface area contributed by atoms with E-state index >= 15 is 0 Å². The number of pyridine rings is 1. The number of aromatic nitrogens is 5. The molecule has 0 saturated heterocycles. The summed E-state index contributed by atoms with van der Waals surface area (Å²) in [5, 5.41) is 15.9. The van der Waals surface area contributed by atoms with E-state index in [2.05, 4.69) is 41.6 Å². The highest BCUT2D eigenvalue weighted by Gasteiger charge is 2.45. The van der Waals surface area contributed by atoms with Crippen LogP contribution >= 0.6 is 0 Å². The lowest BCUT2D eigenvalue weighted by Gasteiger charge is -2.15. The lowest BCUT2D eigenvalue weighted by molar-refractivity contribution is 0.102. The Hall–Kier alpha value is -5.10. The molecule has 0 radical (unpaired) electrons. The molecule has 180 valence electrons. The summed E-state index contributed by atoms with van der Waals surface area (Å²) in [6.45, 7) is 1.98. The minimum atomic E-state index is -0.442. The number of benzene rings is 2. The molecule has 6 rings (SSSR count). The number of fused-ring (bicyclic) bond motifs is 1. The zero-order chi connectivity index (χ0) is 25.4. The van der Waals surface area contributed by atoms with Gasteiger partial charge in [-0.1, -0.05) is 18.2 Å². The summed E-state index contributed by atoms with van der Waals surface area (Å²) >= 11 is 0. The topological polar surface area (TPSA) is 132 Å². The number of hydrogen-bond donors (Lipinski definition) is 3. The SMILES string of the molecule is Cc1ccc(NC(=O)c2cccc(C3(C#N)CC3)c2)cc1Nc1ncccc1-c1ncnc2[nH]cnc12. The fourth-order valence-electron chi connectivity index (χ4n) is 4.37. The van der Waals surface area contributed by atoms with E-state index in [1.807, 2.05) is 55.5 Å². The second-order valence-corrected chi connectivity index (χ2v) is 9.11. The molecule has 37 heavy (non-hydrogen) atoms. The highest BCUT2D eigenvalue weighted by Crippen LogP contribution is 2.47. The third kappa shape index (κ3) is 4.15. The maximum absolute atomic E-state index is 13.0. The Balaban J connectivity index is 1.28. The molecule has 3 aromatic heterocycles. The van der Waals surface area contributed by atoms with Crippen LogP contribution in [0.4, 0.5) is 17.2 Å². The maximum atomic E-state index is 13.0. The van der Waals surface area contributed by atoms with Crippen molar-refractivity contribution in [3.8, 4) is 17.3 Å². The van der Waals surface area contributed by atoms with Gasteiger partial charge < -0.3 is 15.6 Å². The second kappa shape index (κ2) is 8.84. The first kappa shape index (κ1) is 22.4. The Kier molecular flexibility index (Phi) is 5.34. The number of carbonyl (C=O) groups is 1. The van der Waals surface area contributed by atoms with Gasteiger partial charge in [0, 0.05) is 28.7 Å². The average molecular weight is 487 g/mol. The standard InChI is InChI=1S/C28H22N8O/c1-17-7-8-20(35-27(37)18-4-2-5-19(12-18)28(14-29)9-10-28)13-22(17)36-25-21(6-3-11-30-25)23-24-26(33-15-31-23)34-16-32-24/h2-8,11-13,15-16H,9-10H2,1H3,(H,30,36)(H,35,37)(H,31,32,33,34). The van der Waals surface area contributed by atoms with Crippen LogP contribution < -0.4 is 10.6 Å². The number of hydrogen-bond acceptors (Lipinski definition) is 7. The van der Waals surface area contributed by atoms with Gasteiger partial charge in [0.05, 0.1) is 17.8 Å². The van der Waals surface area contributed by atoms with E-state index in [1.165, 1.54) is 6.33 Å². The number of anilines is 3. The summed E-state index contributed by atoms with van der Waals surface area (Å²) in [4.78, 5) is 33.6. The quantitative estimate of drug-likeness (QED) is 0.298. The zero-order valence-electron chi connectivity index (χ0n) is 20.0. The number of amides is 1. The van der Waals surface area contributed by atoms with Crippen molar-refractivity contribution < 1.29 is 4.79 Å². The summed E-state index contributed by atoms with van der Waals surface area (Å²) in [6.07, 6.45) is 6.44. The number of aromatic amines is 1. The number of nitrogens with zero attached hydrogens (tertiary/aromatic N) is 5. The first-order valence-corrected chi connectivity index (χ1v) is 11.9. The Morgan fingerprint density at radius 1 is 1.05 bits per heavy atom. The first-order chi connectivity index (χ1) is 18.1. The van der Waals surface area contributed by atoms with E-state index in [9.17, 15) is 10.1 Å². The fraction of sp³-hybridized carbons (Fsp3) is 0.143. The van der Waals surface area contributed by atoms with Crippen LogP contribution in [0.3, 0.4) is 0 Å². The Labute approximate surface area is 212 Å². The number of nitriles is 1. The number of H-pyrrole nitrogens is 1. The highest BCUT2D eigenvalue weighted by molar-refractivity contribution is 6.04. The highest BCUT2D eigenvalue weighted by atomic mass is 16.1. The first-order valence-electron chi connectivity index (χ1n) is 11.9. The van der Waals surface area contributed by atoms with Gasteiger partial charge in [0.25, 0.3) is 5.91 Å². The Morgan fingerprint density at radius 3 is 2.78 bits per heavy atom. The minimum absolute atomic E-state index is 0.231. The maximum Gasteiger partial charge on any atom is 0.255 e. The van der Waals surface area contributed by atoms with Crippen molar-refractivity contribution in [2.45, 2.75) is 25.2 Å². The van der Waals surface area contributed by atoms with Gasteiger partial charge in [0.1, 0.15) is 23.4 Å². The molecule has 1 amide bonds. The van der Waals surface area contributed by atoms with Gasteiger partial charge in [-0.3, -0.25) is 4.79 Å². The summed E-state index contributed by atoms with van der Waals surface area (Å²) in [7, 11) is 0. The predicted molar refractivity (Wildman–Crippen MR) is 140 cm³/mol. The van der Waals surface area contributed by atoms with Crippen LogP contribution in [0, 0.1) is 18.3 Å². The van der Waals surface area contributed by atoms with E-state index in [0.717, 1.165) is 35.2 Å². The molecule has 0 unspecified atom stereocenters. The molecule has 0 bridgehead atoms. The number of nitrogens with one attached hydrogen (secondary N) is 3. The van der Waals surface area contributed by atoms with Crippen molar-refractivity contribution in [2.24, 2.45) is 0 Å². The van der Waals surface area contributed by atoms with E-state index in [4.69, 9.17) is 0 Å². The molecule has 1 fully saturated rings. The molecular formula is C28H22N8O. The van der Waals surface area contributed by atoms with Gasteiger partial charge in [-0.15, -0.1) is 0 Å². The average Bonchev–Trinajstić information content (AvgIpc) is 3.59. The molecule has 1 saturated carbocycles. The van der Waals surface area contributed by atoms with E-state index < -0.39 is 5.41 Å². The summed E-state index contributed by atoms with van der Waals surface area (Å²) < 4.78 is 0. The fourth-order valence-corrected chi connectivity index (χ4v) is 4.37. The third-order valence-corrected chi connectivity index (χ3v) is 6.67.